The molecule has 2 atom stereocenters. The summed E-state index contributed by atoms with van der Waals surface area (Å²) in [6.45, 7) is 4.18. The minimum atomic E-state index is -0.879. The zero-order valence-corrected chi connectivity index (χ0v) is 47.2. The van der Waals surface area contributed by atoms with Crippen molar-refractivity contribution in [2.75, 3.05) is 6.61 Å². The highest BCUT2D eigenvalue weighted by atomic mass is 16.3. The molecule has 0 rings (SSSR count). The summed E-state index contributed by atoms with van der Waals surface area (Å²) in [4.78, 5) is 12.5. The Kier molecular flexibility index (Phi) is 58.8. The Labute approximate surface area is 447 Å². The van der Waals surface area contributed by atoms with Crippen LogP contribution in [0.15, 0.2) is 134 Å². The lowest BCUT2D eigenvalue weighted by Gasteiger charge is -2.19. The molecule has 0 spiro atoms. The maximum atomic E-state index is 12.5. The van der Waals surface area contributed by atoms with Crippen molar-refractivity contribution in [2.45, 2.75) is 283 Å². The highest BCUT2D eigenvalue weighted by molar-refractivity contribution is 5.76. The number of hydrogen-bond acceptors (Lipinski definition) is 3. The third kappa shape index (κ3) is 57.4. The fraction of sp³-hybridized carbons (Fsp3) is 0.662. The molecular formula is C68H115NO3. The number of allylic oxidation sites excluding steroid dienone is 21. The molecule has 0 aliphatic carbocycles. The van der Waals surface area contributed by atoms with E-state index in [1.807, 2.05) is 6.08 Å². The van der Waals surface area contributed by atoms with Crippen molar-refractivity contribution in [1.82, 2.24) is 5.32 Å². The second kappa shape index (κ2) is 61.8. The number of carbonyl (C=O) groups is 1. The number of rotatable bonds is 54. The van der Waals surface area contributed by atoms with Gasteiger partial charge in [-0.25, -0.2) is 0 Å². The van der Waals surface area contributed by atoms with Gasteiger partial charge in [0.25, 0.3) is 0 Å². The zero-order valence-electron chi connectivity index (χ0n) is 47.2. The van der Waals surface area contributed by atoms with Gasteiger partial charge in [0.2, 0.25) is 5.91 Å². The van der Waals surface area contributed by atoms with Crippen LogP contribution < -0.4 is 5.32 Å². The molecule has 0 bridgehead atoms. The maximum absolute atomic E-state index is 12.5. The van der Waals surface area contributed by atoms with Crippen molar-refractivity contribution in [2.24, 2.45) is 0 Å². The fourth-order valence-corrected chi connectivity index (χ4v) is 8.52. The smallest absolute Gasteiger partial charge is 0.220 e. The Balaban J connectivity index is 3.59. The number of aliphatic hydroxyl groups is 2. The number of unbranched alkanes of at least 4 members (excludes halogenated alkanes) is 27. The molecule has 72 heavy (non-hydrogen) atoms. The van der Waals surface area contributed by atoms with Gasteiger partial charge >= 0.3 is 0 Å². The average Bonchev–Trinajstić information content (AvgIpc) is 3.39. The Morgan fingerprint density at radius 1 is 0.347 bits per heavy atom. The normalized spacial score (nSPS) is 13.8. The lowest BCUT2D eigenvalue weighted by atomic mass is 10.0. The van der Waals surface area contributed by atoms with Crippen LogP contribution in [0.1, 0.15) is 271 Å². The first-order valence-corrected chi connectivity index (χ1v) is 30.4. The number of hydrogen-bond donors (Lipinski definition) is 3. The van der Waals surface area contributed by atoms with Crippen LogP contribution in [0.25, 0.3) is 0 Å². The van der Waals surface area contributed by atoms with Crippen LogP contribution in [-0.4, -0.2) is 34.9 Å². The third-order valence-corrected chi connectivity index (χ3v) is 13.1. The largest absolute Gasteiger partial charge is 0.394 e. The lowest BCUT2D eigenvalue weighted by Crippen LogP contribution is -2.45. The molecule has 3 N–H and O–H groups in total. The predicted molar refractivity (Wildman–Crippen MR) is 322 cm³/mol. The van der Waals surface area contributed by atoms with E-state index in [4.69, 9.17) is 0 Å². The molecule has 4 nitrogen and oxygen atoms in total. The first kappa shape index (κ1) is 68.5. The molecule has 0 aromatic carbocycles. The Morgan fingerprint density at radius 3 is 0.972 bits per heavy atom. The van der Waals surface area contributed by atoms with E-state index in [1.54, 1.807) is 6.08 Å². The van der Waals surface area contributed by atoms with E-state index >= 15 is 0 Å². The topological polar surface area (TPSA) is 69.6 Å². The monoisotopic (exact) mass is 994 g/mol. The standard InChI is InChI=1S/C68H115NO3/c1-3-5-7-9-11-13-15-17-19-21-23-25-26-27-28-29-30-31-32-33-34-35-36-37-38-39-40-41-42-44-46-48-50-52-54-56-58-60-62-64-68(72)69-66(65-70)67(71)63-61-59-57-55-53-51-49-47-45-43-24-22-20-18-16-14-12-10-8-6-4-2/h5,7,11,13,17,19,23,25,27-28,30-31,33-34,36-37,45,47,53,55,61,63,66-67,70-71H,3-4,6,8-10,12,14-16,18,20-22,24,26,29,32,35,38-44,46,48-52,54,56-60,62,64-65H2,1-2H3,(H,69,72)/b7-5-,13-11-,19-17-,25-23-,28-27-,31-30-,34-33-,37-36-,47-45+,55-53+,63-61+. The molecule has 0 radical (unpaired) electrons. The van der Waals surface area contributed by atoms with Gasteiger partial charge in [0.15, 0.2) is 0 Å². The molecule has 0 aromatic rings. The summed E-state index contributed by atoms with van der Waals surface area (Å²) in [5.74, 6) is -0.0820. The van der Waals surface area contributed by atoms with Crippen LogP contribution >= 0.6 is 0 Å². The van der Waals surface area contributed by atoms with Gasteiger partial charge in [-0.15, -0.1) is 0 Å². The fourth-order valence-electron chi connectivity index (χ4n) is 8.52. The van der Waals surface area contributed by atoms with Gasteiger partial charge < -0.3 is 15.5 Å². The summed E-state index contributed by atoms with van der Waals surface area (Å²) in [6, 6.07) is -0.654. The van der Waals surface area contributed by atoms with Gasteiger partial charge in [-0.2, -0.15) is 0 Å². The zero-order chi connectivity index (χ0) is 52.0. The van der Waals surface area contributed by atoms with E-state index in [1.165, 1.54) is 161 Å². The van der Waals surface area contributed by atoms with Crippen LogP contribution in [0.2, 0.25) is 0 Å². The van der Waals surface area contributed by atoms with Gasteiger partial charge in [-0.1, -0.05) is 289 Å². The molecule has 0 aromatic heterocycles. The van der Waals surface area contributed by atoms with Crippen LogP contribution in [0, 0.1) is 0 Å². The number of carbonyl (C=O) groups excluding carboxylic acids is 1. The number of aliphatic hydroxyl groups excluding tert-OH is 2. The SMILES string of the molecule is CC/C=C\C/C=C\C/C=C\C/C=C\C/C=C\C/C=C\C/C=C\C/C=C\CCCCCCCCCCCCCCCCC(=O)NC(CO)C(O)/C=C/CC/C=C/CC/C=C/CCCCCCCCCCCCC. The number of nitrogens with one attached hydrogen (secondary N) is 1. The maximum Gasteiger partial charge on any atom is 0.220 e. The van der Waals surface area contributed by atoms with Crippen molar-refractivity contribution in [1.29, 1.82) is 0 Å². The van der Waals surface area contributed by atoms with Crippen LogP contribution in [0.4, 0.5) is 0 Å². The second-order valence-corrected chi connectivity index (χ2v) is 20.0. The molecule has 0 fully saturated rings. The number of amides is 1. The highest BCUT2D eigenvalue weighted by Gasteiger charge is 2.18. The van der Waals surface area contributed by atoms with E-state index in [9.17, 15) is 15.0 Å². The van der Waals surface area contributed by atoms with E-state index < -0.39 is 12.1 Å². The Morgan fingerprint density at radius 2 is 0.625 bits per heavy atom. The summed E-state index contributed by atoms with van der Waals surface area (Å²) in [6.07, 6.45) is 96.2. The molecule has 1 amide bonds. The molecule has 410 valence electrons. The van der Waals surface area contributed by atoms with Gasteiger partial charge in [-0.05, 0) is 109 Å². The van der Waals surface area contributed by atoms with Crippen molar-refractivity contribution in [3.63, 3.8) is 0 Å². The van der Waals surface area contributed by atoms with E-state index in [0.717, 1.165) is 89.9 Å². The molecule has 0 saturated carbocycles. The van der Waals surface area contributed by atoms with Gasteiger partial charge in [0.1, 0.15) is 0 Å². The second-order valence-electron chi connectivity index (χ2n) is 20.0. The molecule has 0 aliphatic heterocycles. The summed E-state index contributed by atoms with van der Waals surface area (Å²) in [5.41, 5.74) is 0. The van der Waals surface area contributed by atoms with Crippen molar-refractivity contribution < 1.29 is 15.0 Å². The van der Waals surface area contributed by atoms with Gasteiger partial charge in [-0.3, -0.25) is 4.79 Å². The summed E-state index contributed by atoms with van der Waals surface area (Å²) >= 11 is 0. The van der Waals surface area contributed by atoms with E-state index in [0.29, 0.717) is 6.42 Å². The quantitative estimate of drug-likeness (QED) is 0.0420. The van der Waals surface area contributed by atoms with Gasteiger partial charge in [0, 0.05) is 6.42 Å². The van der Waals surface area contributed by atoms with Crippen LogP contribution in [0.3, 0.4) is 0 Å². The summed E-state index contributed by atoms with van der Waals surface area (Å²) in [5, 5.41) is 23.2. The van der Waals surface area contributed by atoms with Gasteiger partial charge in [0.05, 0.1) is 18.8 Å². The van der Waals surface area contributed by atoms with Crippen molar-refractivity contribution in [3.8, 4) is 0 Å². The molecule has 4 heteroatoms. The Hall–Kier alpha value is -3.47. The molecule has 2 unspecified atom stereocenters. The highest BCUT2D eigenvalue weighted by Crippen LogP contribution is 2.15. The van der Waals surface area contributed by atoms with E-state index in [-0.39, 0.29) is 12.5 Å². The lowest BCUT2D eigenvalue weighted by molar-refractivity contribution is -0.123. The van der Waals surface area contributed by atoms with Crippen LogP contribution in [0.5, 0.6) is 0 Å². The third-order valence-electron chi connectivity index (χ3n) is 13.1. The molecular weight excluding hydrogens is 879 g/mol. The minimum Gasteiger partial charge on any atom is -0.394 e. The summed E-state index contributed by atoms with van der Waals surface area (Å²) < 4.78 is 0. The van der Waals surface area contributed by atoms with Crippen LogP contribution in [-0.2, 0) is 4.79 Å². The minimum absolute atomic E-state index is 0.0820. The molecule has 0 saturated heterocycles. The van der Waals surface area contributed by atoms with Crippen molar-refractivity contribution in [3.05, 3.63) is 134 Å². The van der Waals surface area contributed by atoms with E-state index in [2.05, 4.69) is 141 Å². The molecule has 0 heterocycles. The molecule has 0 aliphatic rings. The Bertz CT molecular complexity index is 1450. The predicted octanol–water partition coefficient (Wildman–Crippen LogP) is 20.6. The summed E-state index contributed by atoms with van der Waals surface area (Å²) in [7, 11) is 0. The first-order valence-electron chi connectivity index (χ1n) is 30.4. The van der Waals surface area contributed by atoms with Crippen molar-refractivity contribution >= 4 is 5.91 Å². The first-order chi connectivity index (χ1) is 35.7. The average molecular weight is 995 g/mol.